The summed E-state index contributed by atoms with van der Waals surface area (Å²) >= 11 is 0. The molecule has 1 aliphatic heterocycles. The Morgan fingerprint density at radius 1 is 1.32 bits per heavy atom. The molecule has 0 amide bonds. The van der Waals surface area contributed by atoms with Crippen LogP contribution in [0.15, 0.2) is 37.9 Å². The van der Waals surface area contributed by atoms with Gasteiger partial charge in [-0.1, -0.05) is 10.3 Å². The molecular weight excluding hydrogens is 284 g/mol. The first-order valence-corrected chi connectivity index (χ1v) is 7.33. The van der Waals surface area contributed by atoms with E-state index in [1.165, 1.54) is 0 Å². The fourth-order valence-corrected chi connectivity index (χ4v) is 2.88. The highest BCUT2D eigenvalue weighted by molar-refractivity contribution is 5.44. The number of aromatic nitrogens is 3. The number of nitrogens with zero attached hydrogens (tertiary/aromatic N) is 4. The molecule has 4 heterocycles. The Morgan fingerprint density at radius 2 is 2.27 bits per heavy atom. The largest absolute Gasteiger partial charge is 0.461 e. The summed E-state index contributed by atoms with van der Waals surface area (Å²) in [7, 11) is 0. The molecule has 7 heteroatoms. The van der Waals surface area contributed by atoms with E-state index in [9.17, 15) is 0 Å². The Bertz CT molecular complexity index is 747. The van der Waals surface area contributed by atoms with Crippen LogP contribution in [0.4, 0.5) is 0 Å². The summed E-state index contributed by atoms with van der Waals surface area (Å²) < 4.78 is 16.0. The van der Waals surface area contributed by atoms with Crippen molar-refractivity contribution >= 4 is 0 Å². The molecule has 0 radical (unpaired) electrons. The van der Waals surface area contributed by atoms with E-state index in [0.717, 1.165) is 30.8 Å². The van der Waals surface area contributed by atoms with E-state index in [1.54, 1.807) is 12.3 Å². The van der Waals surface area contributed by atoms with Gasteiger partial charge in [0.1, 0.15) is 0 Å². The average molecular weight is 300 g/mol. The minimum atomic E-state index is 0.222. The molecule has 114 valence electrons. The summed E-state index contributed by atoms with van der Waals surface area (Å²) in [6.45, 7) is 3.50. The lowest BCUT2D eigenvalue weighted by atomic mass is 10.1. The van der Waals surface area contributed by atoms with E-state index in [2.05, 4.69) is 20.2 Å². The van der Waals surface area contributed by atoms with Gasteiger partial charge in [-0.05, 0) is 38.4 Å². The minimum Gasteiger partial charge on any atom is -0.461 e. The van der Waals surface area contributed by atoms with Gasteiger partial charge in [-0.3, -0.25) is 4.90 Å². The molecule has 4 rings (SSSR count). The number of hydrogen-bond acceptors (Lipinski definition) is 7. The first kappa shape index (κ1) is 13.3. The summed E-state index contributed by atoms with van der Waals surface area (Å²) in [5.41, 5.74) is 0.903. The predicted octanol–water partition coefficient (Wildman–Crippen LogP) is 2.96. The van der Waals surface area contributed by atoms with Crippen molar-refractivity contribution in [1.82, 2.24) is 20.2 Å². The molecule has 1 atom stereocenters. The topological polar surface area (TPSA) is 81.3 Å². The van der Waals surface area contributed by atoms with Gasteiger partial charge in [0.15, 0.2) is 11.5 Å². The smallest absolute Gasteiger partial charge is 0.241 e. The third-order valence-electron chi connectivity index (χ3n) is 3.89. The van der Waals surface area contributed by atoms with Crippen molar-refractivity contribution in [3.05, 3.63) is 41.8 Å². The highest BCUT2D eigenvalue weighted by atomic mass is 16.5. The lowest BCUT2D eigenvalue weighted by Crippen LogP contribution is -2.22. The quantitative estimate of drug-likeness (QED) is 0.732. The predicted molar refractivity (Wildman–Crippen MR) is 75.6 cm³/mol. The third kappa shape index (κ3) is 2.43. The molecule has 0 aliphatic carbocycles. The maximum absolute atomic E-state index is 5.41. The Kier molecular flexibility index (Phi) is 3.27. The first-order valence-electron chi connectivity index (χ1n) is 7.33. The summed E-state index contributed by atoms with van der Waals surface area (Å²) in [6, 6.07) is 5.82. The lowest BCUT2D eigenvalue weighted by Gasteiger charge is -2.19. The first-order chi connectivity index (χ1) is 10.8. The third-order valence-corrected chi connectivity index (χ3v) is 3.89. The van der Waals surface area contributed by atoms with E-state index >= 15 is 0 Å². The number of likely N-dealkylation sites (tertiary alicyclic amines) is 1. The normalized spacial score (nSPS) is 19.0. The molecule has 3 aromatic heterocycles. The zero-order valence-electron chi connectivity index (χ0n) is 12.2. The number of aryl methyl sites for hydroxylation is 1. The Labute approximate surface area is 126 Å². The van der Waals surface area contributed by atoms with Crippen molar-refractivity contribution < 1.29 is 13.5 Å². The van der Waals surface area contributed by atoms with Crippen molar-refractivity contribution in [2.24, 2.45) is 0 Å². The second kappa shape index (κ2) is 5.42. The van der Waals surface area contributed by atoms with Crippen LogP contribution in [-0.2, 0) is 6.54 Å². The molecule has 0 aromatic carbocycles. The van der Waals surface area contributed by atoms with Gasteiger partial charge in [-0.25, -0.2) is 0 Å². The molecule has 1 aliphatic rings. The maximum Gasteiger partial charge on any atom is 0.241 e. The molecule has 0 unspecified atom stereocenters. The summed E-state index contributed by atoms with van der Waals surface area (Å²) in [4.78, 5) is 6.67. The van der Waals surface area contributed by atoms with E-state index in [1.807, 2.05) is 19.1 Å². The molecule has 1 fully saturated rings. The summed E-state index contributed by atoms with van der Waals surface area (Å²) in [5, 5.41) is 7.94. The molecule has 1 saturated heterocycles. The Balaban J connectivity index is 1.50. The molecule has 0 spiro atoms. The van der Waals surface area contributed by atoms with Crippen molar-refractivity contribution in [2.45, 2.75) is 32.4 Å². The van der Waals surface area contributed by atoms with Crippen molar-refractivity contribution in [1.29, 1.82) is 0 Å². The maximum atomic E-state index is 5.41. The van der Waals surface area contributed by atoms with Crippen LogP contribution < -0.4 is 0 Å². The van der Waals surface area contributed by atoms with Crippen LogP contribution in [0.25, 0.3) is 11.6 Å². The highest BCUT2D eigenvalue weighted by Crippen LogP contribution is 2.33. The van der Waals surface area contributed by atoms with Gasteiger partial charge >= 0.3 is 0 Å². The summed E-state index contributed by atoms with van der Waals surface area (Å²) in [5.74, 6) is 2.57. The molecule has 7 nitrogen and oxygen atoms in total. The molecular formula is C15H16N4O3. The zero-order chi connectivity index (χ0) is 14.9. The molecule has 0 N–H and O–H groups in total. The van der Waals surface area contributed by atoms with Crippen molar-refractivity contribution in [3.63, 3.8) is 0 Å². The monoisotopic (exact) mass is 300 g/mol. The molecule has 22 heavy (non-hydrogen) atoms. The Hall–Kier alpha value is -2.41. The van der Waals surface area contributed by atoms with Crippen LogP contribution in [0, 0.1) is 6.92 Å². The van der Waals surface area contributed by atoms with Crippen LogP contribution in [0.3, 0.4) is 0 Å². The standard InChI is InChI=1S/C15H16N4O3/c1-10-8-13(21-17-10)11-4-2-6-19(11)9-14-16-15(18-22-14)12-5-3-7-20-12/h3,5,7-8,11H,2,4,6,9H2,1H3/t11-/m0/s1. The Morgan fingerprint density at radius 3 is 3.05 bits per heavy atom. The van der Waals surface area contributed by atoms with Crippen LogP contribution in [-0.4, -0.2) is 26.7 Å². The minimum absolute atomic E-state index is 0.222. The SMILES string of the molecule is Cc1cc([C@@H]2CCCN2Cc2nc(-c3ccco3)no2)on1. The van der Waals surface area contributed by atoms with E-state index in [0.29, 0.717) is 24.0 Å². The second-order valence-electron chi connectivity index (χ2n) is 5.49. The average Bonchev–Trinajstić information content (AvgIpc) is 3.26. The van der Waals surface area contributed by atoms with Crippen LogP contribution >= 0.6 is 0 Å². The highest BCUT2D eigenvalue weighted by Gasteiger charge is 2.30. The van der Waals surface area contributed by atoms with Gasteiger partial charge < -0.3 is 13.5 Å². The van der Waals surface area contributed by atoms with Crippen LogP contribution in [0.5, 0.6) is 0 Å². The zero-order valence-corrected chi connectivity index (χ0v) is 12.2. The van der Waals surface area contributed by atoms with Gasteiger partial charge in [0.05, 0.1) is 24.5 Å². The number of hydrogen-bond donors (Lipinski definition) is 0. The van der Waals surface area contributed by atoms with E-state index < -0.39 is 0 Å². The van der Waals surface area contributed by atoms with Crippen LogP contribution in [0.2, 0.25) is 0 Å². The van der Waals surface area contributed by atoms with Gasteiger partial charge in [0.2, 0.25) is 11.7 Å². The molecule has 3 aromatic rings. The number of rotatable bonds is 4. The van der Waals surface area contributed by atoms with Crippen LogP contribution in [0.1, 0.15) is 36.2 Å². The van der Waals surface area contributed by atoms with E-state index in [-0.39, 0.29) is 6.04 Å². The lowest BCUT2D eigenvalue weighted by molar-refractivity contribution is 0.183. The van der Waals surface area contributed by atoms with Gasteiger partial charge in [0, 0.05) is 6.07 Å². The van der Waals surface area contributed by atoms with Crippen molar-refractivity contribution in [3.8, 4) is 11.6 Å². The number of furan rings is 1. The molecule has 0 saturated carbocycles. The van der Waals surface area contributed by atoms with Gasteiger partial charge in [-0.15, -0.1) is 0 Å². The van der Waals surface area contributed by atoms with E-state index in [4.69, 9.17) is 13.5 Å². The van der Waals surface area contributed by atoms with Gasteiger partial charge in [0.25, 0.3) is 0 Å². The summed E-state index contributed by atoms with van der Waals surface area (Å²) in [6.07, 6.45) is 3.76. The van der Waals surface area contributed by atoms with Crippen molar-refractivity contribution in [2.75, 3.05) is 6.54 Å². The second-order valence-corrected chi connectivity index (χ2v) is 5.49. The van der Waals surface area contributed by atoms with Gasteiger partial charge in [-0.2, -0.15) is 4.98 Å². The molecule has 0 bridgehead atoms. The fourth-order valence-electron chi connectivity index (χ4n) is 2.88. The fraction of sp³-hybridized carbons (Fsp3) is 0.400.